The van der Waals surface area contributed by atoms with Crippen LogP contribution in [0.25, 0.3) is 0 Å². The third kappa shape index (κ3) is 9.00. The van der Waals surface area contributed by atoms with Gasteiger partial charge in [0.15, 0.2) is 5.78 Å². The van der Waals surface area contributed by atoms with Crippen molar-refractivity contribution in [1.29, 1.82) is 0 Å². The van der Waals surface area contributed by atoms with E-state index in [2.05, 4.69) is 16.0 Å². The van der Waals surface area contributed by atoms with Gasteiger partial charge in [-0.25, -0.2) is 0 Å². The molecule has 0 radical (unpaired) electrons. The number of nitro groups is 1. The number of rotatable bonds is 13. The van der Waals surface area contributed by atoms with Crippen LogP contribution in [-0.4, -0.2) is 58.7 Å². The highest BCUT2D eigenvalue weighted by molar-refractivity contribution is 6.02. The number of benzene rings is 2. The highest BCUT2D eigenvalue weighted by Gasteiger charge is 2.28. The number of nitrogens with two attached hydrogens (primary N) is 1. The number of hydrogen-bond acceptors (Lipinski definition) is 8. The van der Waals surface area contributed by atoms with Crippen molar-refractivity contribution in [2.75, 3.05) is 13.1 Å². The number of non-ortho nitro benzene ring substituents is 1. The molecule has 0 saturated carbocycles. The standard InChI is InChI=1S/C25H31N5O7/c1-15(2)10-19(24(34)27-14-22(32)18-12-17(30(36)37)8-9-21(18)31)29-25(35)20(28-23(33)13-26)11-16-6-4-3-5-7-16/h3-9,12,15,19-20,31H,10-11,13-14,26H2,1-2H3,(H,27,34)(H,28,33)(H,29,35)/t19-,20-/m0/s1. The lowest BCUT2D eigenvalue weighted by molar-refractivity contribution is -0.384. The van der Waals surface area contributed by atoms with Crippen LogP contribution < -0.4 is 21.7 Å². The molecule has 2 aromatic carbocycles. The average molecular weight is 514 g/mol. The summed E-state index contributed by atoms with van der Waals surface area (Å²) in [4.78, 5) is 60.7. The molecule has 0 aliphatic carbocycles. The van der Waals surface area contributed by atoms with Crippen molar-refractivity contribution in [1.82, 2.24) is 16.0 Å². The van der Waals surface area contributed by atoms with Crippen molar-refractivity contribution in [3.8, 4) is 5.75 Å². The number of nitrogens with one attached hydrogen (secondary N) is 3. The van der Waals surface area contributed by atoms with Crippen molar-refractivity contribution in [2.24, 2.45) is 11.7 Å². The molecule has 2 atom stereocenters. The van der Waals surface area contributed by atoms with Gasteiger partial charge >= 0.3 is 0 Å². The van der Waals surface area contributed by atoms with E-state index in [0.717, 1.165) is 23.8 Å². The molecule has 0 aliphatic rings. The summed E-state index contributed by atoms with van der Waals surface area (Å²) < 4.78 is 0. The van der Waals surface area contributed by atoms with Crippen molar-refractivity contribution in [2.45, 2.75) is 38.8 Å². The lowest BCUT2D eigenvalue weighted by atomic mass is 10.0. The molecule has 0 aliphatic heterocycles. The molecule has 6 N–H and O–H groups in total. The number of hydrogen-bond donors (Lipinski definition) is 5. The molecule has 0 spiro atoms. The lowest BCUT2D eigenvalue weighted by Gasteiger charge is -2.24. The third-order valence-corrected chi connectivity index (χ3v) is 5.37. The Morgan fingerprint density at radius 3 is 2.27 bits per heavy atom. The molecule has 0 aromatic heterocycles. The molecular formula is C25H31N5O7. The van der Waals surface area contributed by atoms with Crippen molar-refractivity contribution < 1.29 is 29.2 Å². The van der Waals surface area contributed by atoms with Crippen LogP contribution in [0.1, 0.15) is 36.2 Å². The average Bonchev–Trinajstić information content (AvgIpc) is 2.86. The zero-order valence-electron chi connectivity index (χ0n) is 20.6. The molecule has 37 heavy (non-hydrogen) atoms. The third-order valence-electron chi connectivity index (χ3n) is 5.37. The van der Waals surface area contributed by atoms with Crippen LogP contribution in [0.5, 0.6) is 5.75 Å². The minimum Gasteiger partial charge on any atom is -0.507 e. The number of phenolic OH excluding ortho intramolecular Hbond substituents is 1. The van der Waals surface area contributed by atoms with Crippen LogP contribution in [0.4, 0.5) is 5.69 Å². The minimum atomic E-state index is -1.04. The molecule has 2 rings (SSSR count). The molecule has 3 amide bonds. The number of aromatic hydroxyl groups is 1. The number of amides is 3. The van der Waals surface area contributed by atoms with E-state index >= 15 is 0 Å². The smallest absolute Gasteiger partial charge is 0.270 e. The van der Waals surface area contributed by atoms with Gasteiger partial charge in [-0.05, 0) is 24.0 Å². The summed E-state index contributed by atoms with van der Waals surface area (Å²) in [6.45, 7) is 2.81. The monoisotopic (exact) mass is 513 g/mol. The molecule has 198 valence electrons. The molecule has 12 heteroatoms. The first kappa shape index (κ1) is 28.9. The Balaban J connectivity index is 2.13. The first-order chi connectivity index (χ1) is 17.5. The minimum absolute atomic E-state index is 0.0150. The number of carbonyl (C=O) groups is 4. The zero-order chi connectivity index (χ0) is 27.5. The normalized spacial score (nSPS) is 12.3. The fourth-order valence-corrected chi connectivity index (χ4v) is 3.53. The Morgan fingerprint density at radius 1 is 1.00 bits per heavy atom. The molecule has 0 bridgehead atoms. The van der Waals surface area contributed by atoms with Gasteiger partial charge in [0, 0.05) is 18.6 Å². The SMILES string of the molecule is CC(C)C[C@H](NC(=O)[C@H](Cc1ccccc1)NC(=O)CN)C(=O)NCC(=O)c1cc([N+](=O)[O-])ccc1O. The number of Topliss-reactive ketones (excluding diaryl/α,β-unsaturated/α-hetero) is 1. The Morgan fingerprint density at radius 2 is 1.68 bits per heavy atom. The predicted molar refractivity (Wildman–Crippen MR) is 135 cm³/mol. The first-order valence-corrected chi connectivity index (χ1v) is 11.6. The summed E-state index contributed by atoms with van der Waals surface area (Å²) in [5.41, 5.74) is 5.47. The van der Waals surface area contributed by atoms with E-state index in [1.807, 2.05) is 19.9 Å². The summed E-state index contributed by atoms with van der Waals surface area (Å²) in [7, 11) is 0. The van der Waals surface area contributed by atoms with E-state index in [1.165, 1.54) is 0 Å². The van der Waals surface area contributed by atoms with E-state index in [1.54, 1.807) is 24.3 Å². The van der Waals surface area contributed by atoms with E-state index in [-0.39, 0.29) is 36.6 Å². The van der Waals surface area contributed by atoms with E-state index in [4.69, 9.17) is 5.73 Å². The maximum absolute atomic E-state index is 13.1. The van der Waals surface area contributed by atoms with Gasteiger partial charge in [-0.15, -0.1) is 0 Å². The molecule has 0 saturated heterocycles. The molecule has 12 nitrogen and oxygen atoms in total. The van der Waals surface area contributed by atoms with Gasteiger partial charge in [-0.1, -0.05) is 44.2 Å². The number of phenols is 1. The van der Waals surface area contributed by atoms with E-state index in [0.29, 0.717) is 0 Å². The van der Waals surface area contributed by atoms with Gasteiger partial charge in [0.25, 0.3) is 5.69 Å². The Labute approximate surface area is 213 Å². The highest BCUT2D eigenvalue weighted by atomic mass is 16.6. The maximum atomic E-state index is 13.1. The van der Waals surface area contributed by atoms with Gasteiger partial charge in [-0.3, -0.25) is 29.3 Å². The van der Waals surface area contributed by atoms with Gasteiger partial charge in [0.2, 0.25) is 17.7 Å². The highest BCUT2D eigenvalue weighted by Crippen LogP contribution is 2.23. The quantitative estimate of drug-likeness (QED) is 0.147. The van der Waals surface area contributed by atoms with Crippen LogP contribution in [0.3, 0.4) is 0 Å². The topological polar surface area (TPSA) is 194 Å². The second-order valence-corrected chi connectivity index (χ2v) is 8.80. The first-order valence-electron chi connectivity index (χ1n) is 11.6. The molecule has 0 fully saturated rings. The van der Waals surface area contributed by atoms with Crippen molar-refractivity contribution >= 4 is 29.2 Å². The number of ketones is 1. The summed E-state index contributed by atoms with van der Waals surface area (Å²) >= 11 is 0. The summed E-state index contributed by atoms with van der Waals surface area (Å²) in [6.07, 6.45) is 0.399. The van der Waals surface area contributed by atoms with Crippen LogP contribution in [0.15, 0.2) is 48.5 Å². The van der Waals surface area contributed by atoms with E-state index < -0.39 is 52.8 Å². The van der Waals surface area contributed by atoms with E-state index in [9.17, 15) is 34.4 Å². The second kappa shape index (κ2) is 13.7. The summed E-state index contributed by atoms with van der Waals surface area (Å²) in [5, 5.41) is 28.5. The molecule has 0 unspecified atom stereocenters. The largest absolute Gasteiger partial charge is 0.507 e. The number of carbonyl (C=O) groups excluding carboxylic acids is 4. The lowest BCUT2D eigenvalue weighted by Crippen LogP contribution is -2.55. The van der Waals surface area contributed by atoms with Crippen molar-refractivity contribution in [3.05, 3.63) is 69.8 Å². The molecule has 0 heterocycles. The number of nitro benzene ring substituents is 1. The van der Waals surface area contributed by atoms with Gasteiger partial charge in [0.05, 0.1) is 23.6 Å². The maximum Gasteiger partial charge on any atom is 0.270 e. The molecule has 2 aromatic rings. The predicted octanol–water partition coefficient (Wildman–Crippen LogP) is 0.816. The van der Waals surface area contributed by atoms with Crippen molar-refractivity contribution in [3.63, 3.8) is 0 Å². The van der Waals surface area contributed by atoms with Crippen LogP contribution in [-0.2, 0) is 20.8 Å². The fraction of sp³-hybridized carbons (Fsp3) is 0.360. The zero-order valence-corrected chi connectivity index (χ0v) is 20.6. The van der Waals surface area contributed by atoms with Gasteiger partial charge in [-0.2, -0.15) is 0 Å². The Bertz CT molecular complexity index is 1140. The molecular weight excluding hydrogens is 482 g/mol. The Kier molecular flexibility index (Phi) is 10.7. The second-order valence-electron chi connectivity index (χ2n) is 8.80. The summed E-state index contributed by atoms with van der Waals surface area (Å²) in [6, 6.07) is 9.95. The van der Waals surface area contributed by atoms with Crippen LogP contribution in [0, 0.1) is 16.0 Å². The fourth-order valence-electron chi connectivity index (χ4n) is 3.53. The number of nitrogens with zero attached hydrogens (tertiary/aromatic N) is 1. The van der Waals surface area contributed by atoms with Crippen LogP contribution in [0.2, 0.25) is 0 Å². The van der Waals surface area contributed by atoms with Crippen LogP contribution >= 0.6 is 0 Å². The van der Waals surface area contributed by atoms with Gasteiger partial charge in [0.1, 0.15) is 17.8 Å². The Hall–Kier alpha value is -4.32. The summed E-state index contributed by atoms with van der Waals surface area (Å²) in [5.74, 6) is -3.03. The van der Waals surface area contributed by atoms with Gasteiger partial charge < -0.3 is 26.8 Å².